The van der Waals surface area contributed by atoms with Crippen molar-refractivity contribution in [3.63, 3.8) is 0 Å². The van der Waals surface area contributed by atoms with E-state index in [1.54, 1.807) is 39.7 Å². The summed E-state index contributed by atoms with van der Waals surface area (Å²) >= 11 is 0. The van der Waals surface area contributed by atoms with Crippen molar-refractivity contribution in [1.82, 2.24) is 20.0 Å². The molecule has 0 aliphatic rings. The lowest BCUT2D eigenvalue weighted by Gasteiger charge is -2.07. The van der Waals surface area contributed by atoms with Crippen LogP contribution in [0.5, 0.6) is 11.5 Å². The van der Waals surface area contributed by atoms with Crippen molar-refractivity contribution >= 4 is 40.1 Å². The van der Waals surface area contributed by atoms with Gasteiger partial charge in [-0.1, -0.05) is 12.1 Å². The van der Waals surface area contributed by atoms with Crippen molar-refractivity contribution in [1.29, 1.82) is 0 Å². The topological polar surface area (TPSA) is 126 Å². The van der Waals surface area contributed by atoms with Crippen LogP contribution >= 0.6 is 0 Å². The van der Waals surface area contributed by atoms with Crippen molar-refractivity contribution < 1.29 is 19.0 Å². The van der Waals surface area contributed by atoms with Crippen LogP contribution in [0.25, 0.3) is 22.2 Å². The van der Waals surface area contributed by atoms with Gasteiger partial charge in [0.25, 0.3) is 5.91 Å². The van der Waals surface area contributed by atoms with Crippen LogP contribution < -0.4 is 20.5 Å². The molecule has 4 aromatic rings. The zero-order valence-electron chi connectivity index (χ0n) is 19.2. The molecule has 4 rings (SSSR count). The zero-order chi connectivity index (χ0) is 24.1. The van der Waals surface area contributed by atoms with Gasteiger partial charge in [-0.05, 0) is 42.3 Å². The van der Waals surface area contributed by atoms with Crippen LogP contribution in [-0.2, 0) is 4.74 Å². The summed E-state index contributed by atoms with van der Waals surface area (Å²) in [4.78, 5) is 22.4. The molecule has 0 aliphatic carbocycles. The number of amides is 1. The molecule has 0 bridgehead atoms. The Balaban J connectivity index is 1.79. The van der Waals surface area contributed by atoms with E-state index >= 15 is 0 Å². The number of nitrogens with one attached hydrogen (secondary N) is 1. The number of carbonyl (C=O) groups excluding carboxylic acids is 1. The Labute approximate surface area is 196 Å². The van der Waals surface area contributed by atoms with Crippen molar-refractivity contribution in [2.45, 2.75) is 6.42 Å². The van der Waals surface area contributed by atoms with E-state index in [1.807, 2.05) is 30.3 Å². The lowest BCUT2D eigenvalue weighted by atomic mass is 10.2. The summed E-state index contributed by atoms with van der Waals surface area (Å²) in [7, 11) is 4.75. The van der Waals surface area contributed by atoms with Gasteiger partial charge in [0, 0.05) is 20.3 Å². The van der Waals surface area contributed by atoms with E-state index in [-0.39, 0.29) is 17.3 Å². The SMILES string of the molecule is COCCCNC(=O)c1c(N)n(N=Cc2ccc(OC)c(OC)c2)c2nc3ccccc3nc12. The number of fused-ring (bicyclic) bond motifs is 2. The summed E-state index contributed by atoms with van der Waals surface area (Å²) in [6, 6.07) is 12.8. The molecule has 2 heterocycles. The lowest BCUT2D eigenvalue weighted by molar-refractivity contribution is 0.0951. The van der Waals surface area contributed by atoms with Crippen LogP contribution in [0.3, 0.4) is 0 Å². The van der Waals surface area contributed by atoms with Gasteiger partial charge in [-0.15, -0.1) is 0 Å². The third-order valence-corrected chi connectivity index (χ3v) is 5.24. The number of para-hydroxylation sites is 2. The molecule has 0 unspecified atom stereocenters. The average Bonchev–Trinajstić information content (AvgIpc) is 3.13. The van der Waals surface area contributed by atoms with Gasteiger partial charge in [0.2, 0.25) is 0 Å². The molecule has 0 radical (unpaired) electrons. The molecule has 10 heteroatoms. The molecule has 3 N–H and O–H groups in total. The van der Waals surface area contributed by atoms with Gasteiger partial charge >= 0.3 is 0 Å². The third-order valence-electron chi connectivity index (χ3n) is 5.24. The number of hydrogen-bond donors (Lipinski definition) is 2. The minimum atomic E-state index is -0.344. The fraction of sp³-hybridized carbons (Fsp3) is 0.250. The maximum Gasteiger partial charge on any atom is 0.257 e. The van der Waals surface area contributed by atoms with Gasteiger partial charge in [-0.25, -0.2) is 9.97 Å². The molecule has 0 atom stereocenters. The summed E-state index contributed by atoms with van der Waals surface area (Å²) in [6.07, 6.45) is 2.28. The first-order chi connectivity index (χ1) is 16.6. The largest absolute Gasteiger partial charge is 0.493 e. The van der Waals surface area contributed by atoms with E-state index in [0.717, 1.165) is 5.56 Å². The fourth-order valence-electron chi connectivity index (χ4n) is 3.55. The van der Waals surface area contributed by atoms with Crippen LogP contribution in [0, 0.1) is 0 Å². The van der Waals surface area contributed by atoms with Crippen molar-refractivity contribution in [3.05, 3.63) is 53.6 Å². The number of methoxy groups -OCH3 is 3. The predicted molar refractivity (Wildman–Crippen MR) is 131 cm³/mol. The number of rotatable bonds is 9. The molecule has 0 spiro atoms. The first kappa shape index (κ1) is 23.0. The molecule has 2 aromatic carbocycles. The minimum absolute atomic E-state index is 0.145. The predicted octanol–water partition coefficient (Wildman–Crippen LogP) is 2.83. The number of anilines is 1. The minimum Gasteiger partial charge on any atom is -0.493 e. The zero-order valence-corrected chi connectivity index (χ0v) is 19.2. The second-order valence-corrected chi connectivity index (χ2v) is 7.42. The highest BCUT2D eigenvalue weighted by atomic mass is 16.5. The van der Waals surface area contributed by atoms with E-state index in [1.165, 1.54) is 4.68 Å². The van der Waals surface area contributed by atoms with Gasteiger partial charge in [0.05, 0.1) is 31.5 Å². The standard InChI is InChI=1S/C24H26N6O4/c1-32-12-6-11-26-24(31)20-21-23(29-17-8-5-4-7-16(17)28-21)30(22(20)25)27-14-15-9-10-18(33-2)19(13-15)34-3/h4-5,7-10,13-14H,6,11-12,25H2,1-3H3,(H,26,31). The number of nitrogens with zero attached hydrogens (tertiary/aromatic N) is 4. The highest BCUT2D eigenvalue weighted by Crippen LogP contribution is 2.29. The summed E-state index contributed by atoms with van der Waals surface area (Å²) in [6.45, 7) is 0.978. The number of aromatic nitrogens is 3. The van der Waals surface area contributed by atoms with Gasteiger partial charge < -0.3 is 25.3 Å². The molecular weight excluding hydrogens is 436 g/mol. The second-order valence-electron chi connectivity index (χ2n) is 7.42. The van der Waals surface area contributed by atoms with Crippen LogP contribution in [0.1, 0.15) is 22.3 Å². The Kier molecular flexibility index (Phi) is 6.88. The third kappa shape index (κ3) is 4.48. The fourth-order valence-corrected chi connectivity index (χ4v) is 3.55. The van der Waals surface area contributed by atoms with Crippen molar-refractivity contribution in [2.75, 3.05) is 40.2 Å². The Morgan fingerprint density at radius 1 is 1.09 bits per heavy atom. The number of nitrogen functional groups attached to an aromatic ring is 1. The number of nitrogens with two attached hydrogens (primary N) is 1. The maximum absolute atomic E-state index is 13.0. The molecule has 176 valence electrons. The lowest BCUT2D eigenvalue weighted by Crippen LogP contribution is -2.26. The summed E-state index contributed by atoms with van der Waals surface area (Å²) in [5.74, 6) is 0.976. The summed E-state index contributed by atoms with van der Waals surface area (Å²) < 4.78 is 17.1. The molecule has 0 saturated heterocycles. The Bertz CT molecular complexity index is 1360. The number of carbonyl (C=O) groups is 1. The average molecular weight is 463 g/mol. The van der Waals surface area contributed by atoms with Gasteiger partial charge in [-0.3, -0.25) is 4.79 Å². The first-order valence-electron chi connectivity index (χ1n) is 10.7. The van der Waals surface area contributed by atoms with E-state index < -0.39 is 0 Å². The number of ether oxygens (including phenoxy) is 3. The number of benzene rings is 2. The molecule has 10 nitrogen and oxygen atoms in total. The molecule has 0 aliphatic heterocycles. The highest BCUT2D eigenvalue weighted by Gasteiger charge is 2.23. The molecule has 0 fully saturated rings. The van der Waals surface area contributed by atoms with E-state index in [9.17, 15) is 4.79 Å². The Morgan fingerprint density at radius 3 is 2.53 bits per heavy atom. The smallest absolute Gasteiger partial charge is 0.257 e. The highest BCUT2D eigenvalue weighted by molar-refractivity contribution is 6.10. The quantitative estimate of drug-likeness (QED) is 0.289. The van der Waals surface area contributed by atoms with Gasteiger partial charge in [-0.2, -0.15) is 9.78 Å². The summed E-state index contributed by atoms with van der Waals surface area (Å²) in [5, 5.41) is 7.39. The first-order valence-corrected chi connectivity index (χ1v) is 10.7. The molecule has 34 heavy (non-hydrogen) atoms. The Morgan fingerprint density at radius 2 is 1.82 bits per heavy atom. The van der Waals surface area contributed by atoms with Gasteiger partial charge in [0.15, 0.2) is 17.1 Å². The molecule has 0 saturated carbocycles. The van der Waals surface area contributed by atoms with Gasteiger partial charge in [0.1, 0.15) is 16.9 Å². The normalized spacial score (nSPS) is 11.4. The van der Waals surface area contributed by atoms with Crippen LogP contribution in [0.15, 0.2) is 47.6 Å². The van der Waals surface area contributed by atoms with E-state index in [4.69, 9.17) is 19.9 Å². The molecule has 1 amide bonds. The van der Waals surface area contributed by atoms with Crippen LogP contribution in [0.2, 0.25) is 0 Å². The van der Waals surface area contributed by atoms with E-state index in [2.05, 4.69) is 20.4 Å². The van der Waals surface area contributed by atoms with Crippen molar-refractivity contribution in [3.8, 4) is 11.5 Å². The second kappa shape index (κ2) is 10.2. The van der Waals surface area contributed by atoms with Crippen molar-refractivity contribution in [2.24, 2.45) is 5.10 Å². The van der Waals surface area contributed by atoms with E-state index in [0.29, 0.717) is 53.3 Å². The van der Waals surface area contributed by atoms with Crippen LogP contribution in [0.4, 0.5) is 5.82 Å². The van der Waals surface area contributed by atoms with Crippen LogP contribution in [-0.4, -0.2) is 61.2 Å². The number of hydrogen-bond acceptors (Lipinski definition) is 8. The molecule has 2 aromatic heterocycles. The monoisotopic (exact) mass is 462 g/mol. The Hall–Kier alpha value is -4.18. The maximum atomic E-state index is 13.0. The molecular formula is C24H26N6O4. The summed E-state index contributed by atoms with van der Waals surface area (Å²) in [5.41, 5.74) is 9.48.